The maximum atomic E-state index is 11.5. The summed E-state index contributed by atoms with van der Waals surface area (Å²) in [7, 11) is 0. The predicted octanol–water partition coefficient (Wildman–Crippen LogP) is 2.74. The van der Waals surface area contributed by atoms with Crippen LogP contribution in [-0.2, 0) is 0 Å². The van der Waals surface area contributed by atoms with E-state index in [1.54, 1.807) is 5.38 Å². The number of rotatable bonds is 5. The van der Waals surface area contributed by atoms with Crippen LogP contribution < -0.4 is 5.32 Å². The molecule has 5 heteroatoms. The lowest BCUT2D eigenvalue weighted by Gasteiger charge is -2.04. The fourth-order valence-electron chi connectivity index (χ4n) is 1.14. The predicted molar refractivity (Wildman–Crippen MR) is 66.8 cm³/mol. The van der Waals surface area contributed by atoms with Crippen molar-refractivity contribution in [1.29, 1.82) is 0 Å². The lowest BCUT2D eigenvalue weighted by Crippen LogP contribution is -2.25. The minimum absolute atomic E-state index is 0.0680. The van der Waals surface area contributed by atoms with Crippen LogP contribution in [0.25, 0.3) is 0 Å². The van der Waals surface area contributed by atoms with Crippen LogP contribution in [0, 0.1) is 6.92 Å². The molecule has 1 amide bonds. The highest BCUT2D eigenvalue weighted by Gasteiger charge is 2.07. The molecule has 0 radical (unpaired) electrons. The van der Waals surface area contributed by atoms with Crippen molar-refractivity contribution in [1.82, 2.24) is 10.3 Å². The van der Waals surface area contributed by atoms with E-state index in [-0.39, 0.29) is 5.91 Å². The van der Waals surface area contributed by atoms with Crippen molar-refractivity contribution in [3.05, 3.63) is 16.1 Å². The molecule has 0 spiro atoms. The largest absolute Gasteiger partial charge is 0.351 e. The van der Waals surface area contributed by atoms with E-state index >= 15 is 0 Å². The number of aromatic nitrogens is 1. The van der Waals surface area contributed by atoms with Gasteiger partial charge in [0.25, 0.3) is 5.91 Å². The van der Waals surface area contributed by atoms with Crippen molar-refractivity contribution < 1.29 is 4.79 Å². The minimum atomic E-state index is -0.0680. The molecule has 1 aromatic rings. The quantitative estimate of drug-likeness (QED) is 0.669. The van der Waals surface area contributed by atoms with Gasteiger partial charge >= 0.3 is 0 Å². The normalized spacial score (nSPS) is 12.5. The zero-order valence-corrected chi connectivity index (χ0v) is 11.3. The van der Waals surface area contributed by atoms with Crippen molar-refractivity contribution in [3.8, 4) is 0 Å². The molecule has 0 aliphatic carbocycles. The van der Waals surface area contributed by atoms with Crippen LogP contribution in [0.2, 0.25) is 0 Å². The first-order chi connectivity index (χ1) is 7.09. The van der Waals surface area contributed by atoms with Crippen LogP contribution in [0.1, 0.15) is 35.3 Å². The van der Waals surface area contributed by atoms with Crippen molar-refractivity contribution in [3.63, 3.8) is 0 Å². The Morgan fingerprint density at radius 1 is 1.73 bits per heavy atom. The number of aryl methyl sites for hydroxylation is 1. The molecule has 1 heterocycles. The lowest BCUT2D eigenvalue weighted by molar-refractivity contribution is 0.0948. The van der Waals surface area contributed by atoms with Crippen LogP contribution in [-0.4, -0.2) is 22.3 Å². The zero-order valence-electron chi connectivity index (χ0n) is 8.92. The number of hydrogen-bond acceptors (Lipinski definition) is 3. The van der Waals surface area contributed by atoms with Gasteiger partial charge in [0.1, 0.15) is 5.69 Å². The van der Waals surface area contributed by atoms with Crippen LogP contribution in [0.3, 0.4) is 0 Å². The Kier molecular flexibility index (Phi) is 5.25. The number of nitrogens with zero attached hydrogens (tertiary/aromatic N) is 1. The fourth-order valence-corrected chi connectivity index (χ4v) is 2.06. The third kappa shape index (κ3) is 4.75. The molecule has 15 heavy (non-hydrogen) atoms. The molecule has 84 valence electrons. The minimum Gasteiger partial charge on any atom is -0.351 e. The van der Waals surface area contributed by atoms with E-state index in [9.17, 15) is 4.79 Å². The van der Waals surface area contributed by atoms with Gasteiger partial charge in [0.15, 0.2) is 0 Å². The molecule has 0 saturated carbocycles. The van der Waals surface area contributed by atoms with Gasteiger partial charge in [0.05, 0.1) is 5.01 Å². The molecule has 1 N–H and O–H groups in total. The number of alkyl halides is 1. The molecular weight excluding hydrogens is 276 g/mol. The summed E-state index contributed by atoms with van der Waals surface area (Å²) in [5.41, 5.74) is 0.532. The van der Waals surface area contributed by atoms with Crippen LogP contribution in [0.15, 0.2) is 5.38 Å². The summed E-state index contributed by atoms with van der Waals surface area (Å²) < 4.78 is 0. The van der Waals surface area contributed by atoms with E-state index in [0.29, 0.717) is 17.1 Å². The topological polar surface area (TPSA) is 42.0 Å². The molecule has 0 fully saturated rings. The summed E-state index contributed by atoms with van der Waals surface area (Å²) in [6.45, 7) is 4.71. The second kappa shape index (κ2) is 6.23. The number of thiazole rings is 1. The van der Waals surface area contributed by atoms with Gasteiger partial charge < -0.3 is 5.32 Å². The van der Waals surface area contributed by atoms with Crippen molar-refractivity contribution in [2.24, 2.45) is 0 Å². The van der Waals surface area contributed by atoms with Crippen molar-refractivity contribution in [2.75, 3.05) is 6.54 Å². The summed E-state index contributed by atoms with van der Waals surface area (Å²) >= 11 is 4.96. The van der Waals surface area contributed by atoms with Crippen molar-refractivity contribution >= 4 is 33.2 Å². The molecule has 0 aliphatic rings. The molecule has 1 unspecified atom stereocenters. The van der Waals surface area contributed by atoms with Gasteiger partial charge in [-0.15, -0.1) is 11.3 Å². The third-order valence-corrected chi connectivity index (χ3v) is 3.15. The van der Waals surface area contributed by atoms with Gasteiger partial charge in [-0.05, 0) is 19.8 Å². The number of halogens is 1. The Morgan fingerprint density at radius 2 is 2.47 bits per heavy atom. The molecule has 0 bridgehead atoms. The SMILES string of the molecule is Cc1nc(C(=O)NCCCC(C)Br)cs1. The third-order valence-electron chi connectivity index (χ3n) is 1.92. The average molecular weight is 291 g/mol. The van der Waals surface area contributed by atoms with E-state index < -0.39 is 0 Å². The second-order valence-electron chi connectivity index (χ2n) is 3.43. The molecule has 3 nitrogen and oxygen atoms in total. The second-order valence-corrected chi connectivity index (χ2v) is 6.06. The van der Waals surface area contributed by atoms with Crippen LogP contribution >= 0.6 is 27.3 Å². The monoisotopic (exact) mass is 290 g/mol. The Labute approximate surface area is 102 Å². The number of amides is 1. The van der Waals surface area contributed by atoms with E-state index in [4.69, 9.17) is 0 Å². The van der Waals surface area contributed by atoms with Gasteiger partial charge in [-0.3, -0.25) is 4.79 Å². The van der Waals surface area contributed by atoms with Gasteiger partial charge in [-0.1, -0.05) is 22.9 Å². The van der Waals surface area contributed by atoms with Gasteiger partial charge in [0.2, 0.25) is 0 Å². The highest BCUT2D eigenvalue weighted by molar-refractivity contribution is 9.09. The standard InChI is InChI=1S/C10H15BrN2OS/c1-7(11)4-3-5-12-10(14)9-6-15-8(2)13-9/h6-7H,3-5H2,1-2H3,(H,12,14). The van der Waals surface area contributed by atoms with Gasteiger partial charge in [0, 0.05) is 16.8 Å². The first-order valence-corrected chi connectivity index (χ1v) is 6.73. The summed E-state index contributed by atoms with van der Waals surface area (Å²) in [4.78, 5) is 16.2. The summed E-state index contributed by atoms with van der Waals surface area (Å²) in [6.07, 6.45) is 2.05. The van der Waals surface area contributed by atoms with E-state index in [1.807, 2.05) is 6.92 Å². The maximum absolute atomic E-state index is 11.5. The Balaban J connectivity index is 2.25. The highest BCUT2D eigenvalue weighted by Crippen LogP contribution is 2.08. The van der Waals surface area contributed by atoms with Crippen LogP contribution in [0.5, 0.6) is 0 Å². The number of nitrogens with one attached hydrogen (secondary N) is 1. The lowest BCUT2D eigenvalue weighted by atomic mass is 10.2. The number of carbonyl (C=O) groups is 1. The highest BCUT2D eigenvalue weighted by atomic mass is 79.9. The maximum Gasteiger partial charge on any atom is 0.270 e. The first-order valence-electron chi connectivity index (χ1n) is 4.94. The molecule has 0 saturated heterocycles. The summed E-state index contributed by atoms with van der Waals surface area (Å²) in [5, 5.41) is 5.57. The van der Waals surface area contributed by atoms with Gasteiger partial charge in [-0.2, -0.15) is 0 Å². The van der Waals surface area contributed by atoms with E-state index in [2.05, 4.69) is 33.2 Å². The Morgan fingerprint density at radius 3 is 3.00 bits per heavy atom. The molecular formula is C10H15BrN2OS. The van der Waals surface area contributed by atoms with Crippen LogP contribution in [0.4, 0.5) is 0 Å². The molecule has 0 aromatic carbocycles. The molecule has 1 atom stereocenters. The van der Waals surface area contributed by atoms with Gasteiger partial charge in [-0.25, -0.2) is 4.98 Å². The summed E-state index contributed by atoms with van der Waals surface area (Å²) in [6, 6.07) is 0. The average Bonchev–Trinajstić information content (AvgIpc) is 2.59. The Hall–Kier alpha value is -0.420. The summed E-state index contributed by atoms with van der Waals surface area (Å²) in [5.74, 6) is -0.0680. The fraction of sp³-hybridized carbons (Fsp3) is 0.600. The smallest absolute Gasteiger partial charge is 0.270 e. The number of hydrogen-bond donors (Lipinski definition) is 1. The molecule has 1 aromatic heterocycles. The van der Waals surface area contributed by atoms with Crippen molar-refractivity contribution in [2.45, 2.75) is 31.5 Å². The Bertz CT molecular complexity index is 325. The van der Waals surface area contributed by atoms with E-state index in [1.165, 1.54) is 11.3 Å². The molecule has 1 rings (SSSR count). The van der Waals surface area contributed by atoms with E-state index in [0.717, 1.165) is 17.8 Å². The zero-order chi connectivity index (χ0) is 11.3. The first kappa shape index (κ1) is 12.6. The number of carbonyl (C=O) groups excluding carboxylic acids is 1. The molecule has 0 aliphatic heterocycles.